The van der Waals surface area contributed by atoms with Gasteiger partial charge in [-0.05, 0) is 48.9 Å². The quantitative estimate of drug-likeness (QED) is 0.740. The summed E-state index contributed by atoms with van der Waals surface area (Å²) in [5.74, 6) is 2.61. The van der Waals surface area contributed by atoms with Crippen molar-refractivity contribution in [3.05, 3.63) is 66.1 Å². The van der Waals surface area contributed by atoms with Crippen LogP contribution in [0.3, 0.4) is 0 Å². The zero-order valence-electron chi connectivity index (χ0n) is 15.3. The highest BCUT2D eigenvalue weighted by Gasteiger charge is 2.49. The number of H-pyrrole nitrogens is 1. The summed E-state index contributed by atoms with van der Waals surface area (Å²) in [6, 6.07) is 16.2. The predicted octanol–water partition coefficient (Wildman–Crippen LogP) is 3.79. The highest BCUT2D eigenvalue weighted by atomic mass is 16.3. The predicted molar refractivity (Wildman–Crippen MR) is 103 cm³/mol. The van der Waals surface area contributed by atoms with Crippen molar-refractivity contribution in [2.75, 3.05) is 13.1 Å². The summed E-state index contributed by atoms with van der Waals surface area (Å²) >= 11 is 0. The summed E-state index contributed by atoms with van der Waals surface area (Å²) in [5, 5.41) is 18.5. The molecule has 2 aliphatic rings. The SMILES string of the molecule is O[C@]1(c2ccccc2)CCC[C@@H]2CN(Cc3ccc(-c4ccn[nH]4)o3)C[C@@H]21. The third kappa shape index (κ3) is 3.01. The monoisotopic (exact) mass is 363 g/mol. The van der Waals surface area contributed by atoms with E-state index in [-0.39, 0.29) is 5.92 Å². The van der Waals surface area contributed by atoms with Crippen LogP contribution in [-0.2, 0) is 12.1 Å². The van der Waals surface area contributed by atoms with Gasteiger partial charge in [0, 0.05) is 25.2 Å². The summed E-state index contributed by atoms with van der Waals surface area (Å²) in [4.78, 5) is 2.43. The number of rotatable bonds is 4. The van der Waals surface area contributed by atoms with E-state index in [1.54, 1.807) is 6.20 Å². The Morgan fingerprint density at radius 3 is 2.85 bits per heavy atom. The molecule has 0 amide bonds. The molecule has 0 radical (unpaired) electrons. The zero-order valence-corrected chi connectivity index (χ0v) is 15.3. The smallest absolute Gasteiger partial charge is 0.152 e. The standard InChI is InChI=1S/C22H25N3O2/c26-22(17-6-2-1-3-7-17)11-4-5-16-13-25(15-19(16)22)14-18-8-9-21(27-18)20-10-12-23-24-20/h1-3,6-10,12,16,19,26H,4-5,11,13-15H2,(H,23,24)/t16-,19+,22+/m1/s1. The van der Waals surface area contributed by atoms with Crippen molar-refractivity contribution in [3.63, 3.8) is 0 Å². The van der Waals surface area contributed by atoms with Gasteiger partial charge in [-0.1, -0.05) is 30.3 Å². The number of aromatic amines is 1. The molecular weight excluding hydrogens is 338 g/mol. The molecule has 5 nitrogen and oxygen atoms in total. The molecule has 140 valence electrons. The van der Waals surface area contributed by atoms with Crippen molar-refractivity contribution < 1.29 is 9.52 Å². The Balaban J connectivity index is 1.33. The first-order chi connectivity index (χ1) is 13.2. The fraction of sp³-hybridized carbons (Fsp3) is 0.409. The van der Waals surface area contributed by atoms with E-state index in [2.05, 4.69) is 27.2 Å². The summed E-state index contributed by atoms with van der Waals surface area (Å²) in [6.07, 6.45) is 4.88. The lowest BCUT2D eigenvalue weighted by molar-refractivity contribution is -0.0649. The molecule has 3 atom stereocenters. The fourth-order valence-electron chi connectivity index (χ4n) is 5.05. The van der Waals surface area contributed by atoms with Crippen LogP contribution in [0.4, 0.5) is 0 Å². The summed E-state index contributed by atoms with van der Waals surface area (Å²) in [6.45, 7) is 2.72. The number of nitrogens with one attached hydrogen (secondary N) is 1. The van der Waals surface area contributed by atoms with Gasteiger partial charge in [-0.25, -0.2) is 0 Å². The largest absolute Gasteiger partial charge is 0.458 e. The first kappa shape index (κ1) is 16.8. The second kappa shape index (κ2) is 6.66. The molecule has 3 aromatic rings. The highest BCUT2D eigenvalue weighted by molar-refractivity contribution is 5.51. The van der Waals surface area contributed by atoms with Gasteiger partial charge in [-0.15, -0.1) is 0 Å². The fourth-order valence-corrected chi connectivity index (χ4v) is 5.05. The minimum atomic E-state index is -0.705. The second-order valence-corrected chi connectivity index (χ2v) is 7.98. The molecule has 1 aliphatic heterocycles. The molecule has 1 saturated heterocycles. The van der Waals surface area contributed by atoms with E-state index >= 15 is 0 Å². The Labute approximate surface area is 159 Å². The Morgan fingerprint density at radius 2 is 2.04 bits per heavy atom. The maximum atomic E-state index is 11.6. The zero-order chi connectivity index (χ0) is 18.3. The molecule has 2 N–H and O–H groups in total. The van der Waals surface area contributed by atoms with Crippen molar-refractivity contribution in [2.24, 2.45) is 11.8 Å². The second-order valence-electron chi connectivity index (χ2n) is 7.98. The molecule has 2 fully saturated rings. The Kier molecular flexibility index (Phi) is 4.14. The van der Waals surface area contributed by atoms with Crippen molar-refractivity contribution in [3.8, 4) is 11.5 Å². The lowest BCUT2D eigenvalue weighted by Crippen LogP contribution is -2.42. The number of hydrogen-bond acceptors (Lipinski definition) is 4. The average Bonchev–Trinajstić information content (AvgIpc) is 3.43. The van der Waals surface area contributed by atoms with Gasteiger partial charge >= 0.3 is 0 Å². The van der Waals surface area contributed by atoms with Gasteiger partial charge in [0.2, 0.25) is 0 Å². The van der Waals surface area contributed by atoms with E-state index in [4.69, 9.17) is 4.42 Å². The number of nitrogens with zero attached hydrogens (tertiary/aromatic N) is 2. The Hall–Kier alpha value is -2.37. The maximum Gasteiger partial charge on any atom is 0.152 e. The van der Waals surface area contributed by atoms with E-state index in [0.29, 0.717) is 5.92 Å². The lowest BCUT2D eigenvalue weighted by Gasteiger charge is -2.41. The number of fused-ring (bicyclic) bond motifs is 1. The summed E-state index contributed by atoms with van der Waals surface area (Å²) in [7, 11) is 0. The van der Waals surface area contributed by atoms with E-state index in [9.17, 15) is 5.11 Å². The molecule has 1 aromatic carbocycles. The summed E-state index contributed by atoms with van der Waals surface area (Å²) < 4.78 is 6.00. The molecule has 5 rings (SSSR count). The normalized spacial score (nSPS) is 28.3. The number of aromatic nitrogens is 2. The van der Waals surface area contributed by atoms with Crippen LogP contribution in [0, 0.1) is 11.8 Å². The lowest BCUT2D eigenvalue weighted by atomic mass is 9.67. The van der Waals surface area contributed by atoms with E-state index in [1.807, 2.05) is 36.4 Å². The minimum Gasteiger partial charge on any atom is -0.458 e. The molecule has 2 aromatic heterocycles. The molecule has 5 heteroatoms. The molecule has 1 aliphatic carbocycles. The molecular formula is C22H25N3O2. The van der Waals surface area contributed by atoms with Gasteiger partial charge in [0.15, 0.2) is 5.76 Å². The molecule has 0 spiro atoms. The van der Waals surface area contributed by atoms with Gasteiger partial charge in [0.1, 0.15) is 11.5 Å². The number of aliphatic hydroxyl groups is 1. The van der Waals surface area contributed by atoms with E-state index in [0.717, 1.165) is 55.3 Å². The van der Waals surface area contributed by atoms with Crippen LogP contribution < -0.4 is 0 Å². The maximum absolute atomic E-state index is 11.6. The molecule has 0 unspecified atom stereocenters. The molecule has 1 saturated carbocycles. The van der Waals surface area contributed by atoms with Crippen LogP contribution in [-0.4, -0.2) is 33.3 Å². The van der Waals surface area contributed by atoms with Gasteiger partial charge in [0.05, 0.1) is 12.1 Å². The third-order valence-electron chi connectivity index (χ3n) is 6.34. The van der Waals surface area contributed by atoms with E-state index in [1.165, 1.54) is 6.42 Å². The topological polar surface area (TPSA) is 65.3 Å². The number of benzene rings is 1. The number of likely N-dealkylation sites (tertiary alicyclic amines) is 1. The Morgan fingerprint density at radius 1 is 1.15 bits per heavy atom. The molecule has 27 heavy (non-hydrogen) atoms. The van der Waals surface area contributed by atoms with Gasteiger partial charge in [-0.2, -0.15) is 5.10 Å². The van der Waals surface area contributed by atoms with Crippen LogP contribution in [0.15, 0.2) is 59.1 Å². The highest BCUT2D eigenvalue weighted by Crippen LogP contribution is 2.48. The third-order valence-corrected chi connectivity index (χ3v) is 6.34. The van der Waals surface area contributed by atoms with E-state index < -0.39 is 5.60 Å². The first-order valence-electron chi connectivity index (χ1n) is 9.81. The van der Waals surface area contributed by atoms with Crippen LogP contribution in [0.2, 0.25) is 0 Å². The first-order valence-corrected chi connectivity index (χ1v) is 9.81. The molecule has 0 bridgehead atoms. The van der Waals surface area contributed by atoms with Gasteiger partial charge < -0.3 is 9.52 Å². The van der Waals surface area contributed by atoms with Gasteiger partial charge in [-0.3, -0.25) is 10.00 Å². The Bertz CT molecular complexity index is 889. The molecule has 3 heterocycles. The van der Waals surface area contributed by atoms with Gasteiger partial charge in [0.25, 0.3) is 0 Å². The van der Waals surface area contributed by atoms with Crippen molar-refractivity contribution in [1.82, 2.24) is 15.1 Å². The summed E-state index contributed by atoms with van der Waals surface area (Å²) in [5.41, 5.74) is 1.26. The number of hydrogen-bond donors (Lipinski definition) is 2. The number of furan rings is 1. The van der Waals surface area contributed by atoms with Crippen molar-refractivity contribution >= 4 is 0 Å². The van der Waals surface area contributed by atoms with Crippen molar-refractivity contribution in [1.29, 1.82) is 0 Å². The van der Waals surface area contributed by atoms with Crippen LogP contribution >= 0.6 is 0 Å². The minimum absolute atomic E-state index is 0.288. The van der Waals surface area contributed by atoms with Crippen molar-refractivity contribution in [2.45, 2.75) is 31.4 Å². The van der Waals surface area contributed by atoms with Crippen LogP contribution in [0.1, 0.15) is 30.6 Å². The van der Waals surface area contributed by atoms with Crippen LogP contribution in [0.5, 0.6) is 0 Å². The average molecular weight is 363 g/mol. The van der Waals surface area contributed by atoms with Crippen LogP contribution in [0.25, 0.3) is 11.5 Å².